The van der Waals surface area contributed by atoms with E-state index in [0.717, 1.165) is 23.3 Å². The second-order valence-electron chi connectivity index (χ2n) is 5.00. The fourth-order valence-electron chi connectivity index (χ4n) is 2.20. The maximum atomic E-state index is 11.1. The molecule has 1 heterocycles. The minimum Gasteiger partial charge on any atom is -0.496 e. The van der Waals surface area contributed by atoms with Gasteiger partial charge in [0.15, 0.2) is 6.29 Å². The van der Waals surface area contributed by atoms with Crippen molar-refractivity contribution in [1.82, 2.24) is 9.78 Å². The van der Waals surface area contributed by atoms with Crippen molar-refractivity contribution >= 4 is 6.29 Å². The quantitative estimate of drug-likeness (QED) is 0.782. The lowest BCUT2D eigenvalue weighted by Gasteiger charge is -2.11. The number of ether oxygens (including phenoxy) is 1. The lowest BCUT2D eigenvalue weighted by atomic mass is 9.99. The Morgan fingerprint density at radius 3 is 2.60 bits per heavy atom. The van der Waals surface area contributed by atoms with Crippen LogP contribution < -0.4 is 4.74 Å². The highest BCUT2D eigenvalue weighted by Crippen LogP contribution is 2.32. The van der Waals surface area contributed by atoms with E-state index in [4.69, 9.17) is 4.74 Å². The first-order valence-electron chi connectivity index (χ1n) is 6.82. The van der Waals surface area contributed by atoms with Gasteiger partial charge in [0.1, 0.15) is 11.4 Å². The zero-order valence-electron chi connectivity index (χ0n) is 12.4. The Labute approximate surface area is 119 Å². The van der Waals surface area contributed by atoms with Crippen molar-refractivity contribution in [2.24, 2.45) is 0 Å². The number of aryl methyl sites for hydroxylation is 1. The van der Waals surface area contributed by atoms with Crippen LogP contribution in [0.5, 0.6) is 5.75 Å². The Kier molecular flexibility index (Phi) is 4.23. The van der Waals surface area contributed by atoms with E-state index in [9.17, 15) is 4.79 Å². The fraction of sp³-hybridized carbons (Fsp3) is 0.375. The van der Waals surface area contributed by atoms with Crippen molar-refractivity contribution in [3.8, 4) is 17.0 Å². The summed E-state index contributed by atoms with van der Waals surface area (Å²) in [6, 6.07) is 7.90. The van der Waals surface area contributed by atoms with Crippen molar-refractivity contribution in [2.45, 2.75) is 33.2 Å². The molecule has 0 radical (unpaired) electrons. The Bertz CT molecular complexity index is 615. The van der Waals surface area contributed by atoms with E-state index in [1.807, 2.05) is 13.0 Å². The van der Waals surface area contributed by atoms with Crippen LogP contribution in [-0.2, 0) is 6.54 Å². The topological polar surface area (TPSA) is 44.1 Å². The highest BCUT2D eigenvalue weighted by Gasteiger charge is 2.14. The van der Waals surface area contributed by atoms with Crippen molar-refractivity contribution in [3.05, 3.63) is 35.5 Å². The van der Waals surface area contributed by atoms with Crippen LogP contribution in [0.15, 0.2) is 24.3 Å². The van der Waals surface area contributed by atoms with E-state index >= 15 is 0 Å². The molecule has 0 unspecified atom stereocenters. The Balaban J connectivity index is 2.57. The number of methoxy groups -OCH3 is 1. The summed E-state index contributed by atoms with van der Waals surface area (Å²) < 4.78 is 7.11. The van der Waals surface area contributed by atoms with Gasteiger partial charge in [0, 0.05) is 12.1 Å². The molecular formula is C16H20N2O2. The number of benzene rings is 1. The smallest absolute Gasteiger partial charge is 0.168 e. The van der Waals surface area contributed by atoms with Crippen molar-refractivity contribution in [2.75, 3.05) is 7.11 Å². The van der Waals surface area contributed by atoms with Gasteiger partial charge in [0.05, 0.1) is 12.8 Å². The van der Waals surface area contributed by atoms with E-state index in [1.165, 1.54) is 5.56 Å². The number of hydrogen-bond donors (Lipinski definition) is 0. The number of rotatable bonds is 5. The molecule has 0 bridgehead atoms. The highest BCUT2D eigenvalue weighted by molar-refractivity contribution is 5.77. The number of aldehydes is 1. The molecule has 1 aromatic heterocycles. The summed E-state index contributed by atoms with van der Waals surface area (Å²) >= 11 is 0. The summed E-state index contributed by atoms with van der Waals surface area (Å²) in [4.78, 5) is 11.1. The minimum absolute atomic E-state index is 0.429. The largest absolute Gasteiger partial charge is 0.496 e. The highest BCUT2D eigenvalue weighted by atomic mass is 16.5. The summed E-state index contributed by atoms with van der Waals surface area (Å²) in [6.45, 7) is 6.92. The second-order valence-corrected chi connectivity index (χ2v) is 5.00. The minimum atomic E-state index is 0.429. The third-order valence-corrected chi connectivity index (χ3v) is 3.40. The average molecular weight is 272 g/mol. The average Bonchev–Trinajstić information content (AvgIpc) is 2.89. The lowest BCUT2D eigenvalue weighted by molar-refractivity contribution is 0.111. The molecule has 0 aliphatic rings. The molecule has 2 rings (SSSR count). The van der Waals surface area contributed by atoms with E-state index in [-0.39, 0.29) is 0 Å². The van der Waals surface area contributed by atoms with Gasteiger partial charge >= 0.3 is 0 Å². The molecule has 0 saturated heterocycles. The molecule has 1 aromatic carbocycles. The van der Waals surface area contributed by atoms with Crippen molar-refractivity contribution in [3.63, 3.8) is 0 Å². The predicted molar refractivity (Wildman–Crippen MR) is 79.4 cm³/mol. The Hall–Kier alpha value is -2.10. The van der Waals surface area contributed by atoms with Crippen molar-refractivity contribution in [1.29, 1.82) is 0 Å². The summed E-state index contributed by atoms with van der Waals surface area (Å²) in [5.41, 5.74) is 3.50. The van der Waals surface area contributed by atoms with Gasteiger partial charge in [-0.25, -0.2) is 0 Å². The monoisotopic (exact) mass is 272 g/mol. The molecule has 0 spiro atoms. The third-order valence-electron chi connectivity index (χ3n) is 3.40. The zero-order valence-corrected chi connectivity index (χ0v) is 12.4. The van der Waals surface area contributed by atoms with Gasteiger partial charge in [-0.3, -0.25) is 9.48 Å². The van der Waals surface area contributed by atoms with Gasteiger partial charge < -0.3 is 4.74 Å². The molecule has 4 heteroatoms. The molecule has 106 valence electrons. The van der Waals surface area contributed by atoms with E-state index in [0.29, 0.717) is 18.2 Å². The first-order chi connectivity index (χ1) is 9.60. The van der Waals surface area contributed by atoms with Gasteiger partial charge in [-0.15, -0.1) is 0 Å². The van der Waals surface area contributed by atoms with Crippen LogP contribution in [-0.4, -0.2) is 23.2 Å². The number of carbonyl (C=O) groups is 1. The van der Waals surface area contributed by atoms with Crippen LogP contribution in [0.3, 0.4) is 0 Å². The summed E-state index contributed by atoms with van der Waals surface area (Å²) in [5.74, 6) is 1.20. The number of hydrogen-bond acceptors (Lipinski definition) is 3. The van der Waals surface area contributed by atoms with Crippen LogP contribution in [0.25, 0.3) is 11.3 Å². The van der Waals surface area contributed by atoms with Crippen LogP contribution in [0.4, 0.5) is 0 Å². The number of carbonyl (C=O) groups excluding carboxylic acids is 1. The van der Waals surface area contributed by atoms with Gasteiger partial charge in [-0.2, -0.15) is 5.10 Å². The fourth-order valence-corrected chi connectivity index (χ4v) is 2.20. The van der Waals surface area contributed by atoms with Crippen molar-refractivity contribution < 1.29 is 9.53 Å². The second kappa shape index (κ2) is 5.90. The molecule has 0 aliphatic carbocycles. The normalized spacial score (nSPS) is 10.8. The first kappa shape index (κ1) is 14.3. The van der Waals surface area contributed by atoms with Gasteiger partial charge in [0.25, 0.3) is 0 Å². The number of nitrogens with zero attached hydrogens (tertiary/aromatic N) is 2. The molecular weight excluding hydrogens is 252 g/mol. The van der Waals surface area contributed by atoms with Crippen LogP contribution >= 0.6 is 0 Å². The standard InChI is InChI=1S/C16H20N2O2/c1-5-18-13(10-19)9-15(17-18)14-8-12(11(2)3)6-7-16(14)20-4/h6-11H,5H2,1-4H3. The maximum absolute atomic E-state index is 11.1. The summed E-state index contributed by atoms with van der Waals surface area (Å²) in [7, 11) is 1.64. The third kappa shape index (κ3) is 2.59. The molecule has 0 amide bonds. The van der Waals surface area contributed by atoms with E-state index in [2.05, 4.69) is 31.1 Å². The Morgan fingerprint density at radius 2 is 2.10 bits per heavy atom. The Morgan fingerprint density at radius 1 is 1.35 bits per heavy atom. The van der Waals surface area contributed by atoms with Crippen LogP contribution in [0.1, 0.15) is 42.7 Å². The van der Waals surface area contributed by atoms with E-state index < -0.39 is 0 Å². The van der Waals surface area contributed by atoms with E-state index in [1.54, 1.807) is 17.9 Å². The summed E-state index contributed by atoms with van der Waals surface area (Å²) in [5, 5.41) is 4.48. The van der Waals surface area contributed by atoms with Gasteiger partial charge in [-0.05, 0) is 36.6 Å². The van der Waals surface area contributed by atoms with Crippen LogP contribution in [0.2, 0.25) is 0 Å². The molecule has 20 heavy (non-hydrogen) atoms. The molecule has 0 saturated carbocycles. The van der Waals surface area contributed by atoms with Gasteiger partial charge in [0.2, 0.25) is 0 Å². The molecule has 0 atom stereocenters. The lowest BCUT2D eigenvalue weighted by Crippen LogP contribution is -2.01. The molecule has 2 aromatic rings. The molecule has 0 fully saturated rings. The molecule has 0 aliphatic heterocycles. The van der Waals surface area contributed by atoms with Crippen LogP contribution in [0, 0.1) is 0 Å². The zero-order chi connectivity index (χ0) is 14.7. The first-order valence-corrected chi connectivity index (χ1v) is 6.82. The molecule has 0 N–H and O–H groups in total. The molecule has 4 nitrogen and oxygen atoms in total. The SMILES string of the molecule is CCn1nc(-c2cc(C(C)C)ccc2OC)cc1C=O. The predicted octanol–water partition coefficient (Wildman–Crippen LogP) is 3.51. The maximum Gasteiger partial charge on any atom is 0.168 e. The van der Waals surface area contributed by atoms with Gasteiger partial charge in [-0.1, -0.05) is 19.9 Å². The number of aromatic nitrogens is 2. The summed E-state index contributed by atoms with van der Waals surface area (Å²) in [6.07, 6.45) is 0.832.